The van der Waals surface area contributed by atoms with Crippen molar-refractivity contribution in [3.63, 3.8) is 0 Å². The lowest BCUT2D eigenvalue weighted by Crippen LogP contribution is -1.70. The summed E-state index contributed by atoms with van der Waals surface area (Å²) in [5.74, 6) is 0. The lowest BCUT2D eigenvalue weighted by atomic mass is 10.3. The van der Waals surface area contributed by atoms with Gasteiger partial charge in [0.25, 0.3) is 0 Å². The lowest BCUT2D eigenvalue weighted by Gasteiger charge is -1.90. The van der Waals surface area contributed by atoms with E-state index in [9.17, 15) is 0 Å². The first-order chi connectivity index (χ1) is 4.84. The molecule has 1 rings (SSSR count). The van der Waals surface area contributed by atoms with Crippen molar-refractivity contribution in [2.45, 2.75) is 0 Å². The highest BCUT2D eigenvalue weighted by atomic mass is 35.5. The Morgan fingerprint density at radius 2 is 2.00 bits per heavy atom. The molecule has 0 aliphatic heterocycles. The normalized spacial score (nSPS) is 15.5. The van der Waals surface area contributed by atoms with E-state index >= 15 is 0 Å². The highest BCUT2D eigenvalue weighted by molar-refractivity contribution is 6.32. The average Bonchev–Trinajstić information content (AvgIpc) is 2.38. The number of hydrogen-bond donors (Lipinski definition) is 1. The second kappa shape index (κ2) is 3.28. The first-order valence-corrected chi connectivity index (χ1v) is 3.27. The first kappa shape index (κ1) is 7.16. The third-order valence-corrected chi connectivity index (χ3v) is 1.50. The summed E-state index contributed by atoms with van der Waals surface area (Å²) in [7, 11) is 0. The molecule has 0 spiro atoms. The zero-order chi connectivity index (χ0) is 7.40. The van der Waals surface area contributed by atoms with Gasteiger partial charge in [-0.25, -0.2) is 0 Å². The smallest absolute Gasteiger partial charge is 0.0806 e. The summed E-state index contributed by atoms with van der Waals surface area (Å²) in [6, 6.07) is 0. The number of halogens is 1. The van der Waals surface area contributed by atoms with Crippen molar-refractivity contribution < 1.29 is 5.11 Å². The summed E-state index contributed by atoms with van der Waals surface area (Å²) in [5.41, 5.74) is 0.923. The molecule has 0 bridgehead atoms. The molecule has 52 valence electrons. The maximum atomic E-state index is 8.35. The van der Waals surface area contributed by atoms with Gasteiger partial charge in [-0.1, -0.05) is 35.9 Å². The highest BCUT2D eigenvalue weighted by Crippen LogP contribution is 2.17. The Bertz CT molecular complexity index is 220. The van der Waals surface area contributed by atoms with E-state index in [4.69, 9.17) is 16.7 Å². The summed E-state index contributed by atoms with van der Waals surface area (Å²) < 4.78 is 0. The molecule has 0 aromatic carbocycles. The molecule has 10 heavy (non-hydrogen) atoms. The quantitative estimate of drug-likeness (QED) is 0.576. The molecule has 0 unspecified atom stereocenters. The second-order valence-corrected chi connectivity index (χ2v) is 2.24. The Morgan fingerprint density at radius 1 is 1.40 bits per heavy atom. The van der Waals surface area contributed by atoms with Gasteiger partial charge in [-0.05, 0) is 11.6 Å². The fourth-order valence-electron chi connectivity index (χ4n) is 0.695. The van der Waals surface area contributed by atoms with Crippen molar-refractivity contribution in [3.8, 4) is 0 Å². The Labute approximate surface area is 64.6 Å². The third kappa shape index (κ3) is 1.52. The Balaban J connectivity index is 2.85. The van der Waals surface area contributed by atoms with E-state index in [2.05, 4.69) is 0 Å². The van der Waals surface area contributed by atoms with Crippen LogP contribution in [0.4, 0.5) is 0 Å². The van der Waals surface area contributed by atoms with Gasteiger partial charge in [-0.2, -0.15) is 0 Å². The van der Waals surface area contributed by atoms with Crippen molar-refractivity contribution in [3.05, 3.63) is 47.2 Å². The third-order valence-electron chi connectivity index (χ3n) is 1.16. The van der Waals surface area contributed by atoms with E-state index < -0.39 is 0 Å². The molecule has 0 atom stereocenters. The Kier molecular flexibility index (Phi) is 2.35. The van der Waals surface area contributed by atoms with Crippen molar-refractivity contribution in [2.24, 2.45) is 0 Å². The van der Waals surface area contributed by atoms with Gasteiger partial charge in [0.1, 0.15) is 0 Å². The summed E-state index contributed by atoms with van der Waals surface area (Å²) in [6.45, 7) is 0. The molecule has 0 amide bonds. The average molecular weight is 155 g/mol. The minimum absolute atomic E-state index is 0.549. The minimum atomic E-state index is 0.549. The number of aliphatic hydroxyl groups excluding tert-OH is 1. The number of allylic oxidation sites excluding steroid dienone is 7. The molecule has 0 saturated heterocycles. The van der Waals surface area contributed by atoms with Gasteiger partial charge in [-0.3, -0.25) is 0 Å². The summed E-state index contributed by atoms with van der Waals surface area (Å²) >= 11 is 5.72. The maximum absolute atomic E-state index is 8.35. The van der Waals surface area contributed by atoms with E-state index in [0.29, 0.717) is 5.03 Å². The van der Waals surface area contributed by atoms with Crippen LogP contribution in [0.25, 0.3) is 0 Å². The fraction of sp³-hybridized carbons (Fsp3) is 0. The van der Waals surface area contributed by atoms with Gasteiger partial charge in [0.15, 0.2) is 0 Å². The molecule has 0 aromatic heterocycles. The minimum Gasteiger partial charge on any atom is -0.516 e. The molecule has 0 aromatic rings. The molecule has 0 saturated carbocycles. The SMILES string of the molecule is O/C=C\C(Cl)=C1C=CC=C1. The van der Waals surface area contributed by atoms with E-state index in [1.165, 1.54) is 6.08 Å². The van der Waals surface area contributed by atoms with Crippen LogP contribution in [0.3, 0.4) is 0 Å². The van der Waals surface area contributed by atoms with E-state index in [1.807, 2.05) is 24.3 Å². The highest BCUT2D eigenvalue weighted by Gasteiger charge is 1.96. The lowest BCUT2D eigenvalue weighted by molar-refractivity contribution is 0.473. The van der Waals surface area contributed by atoms with Crippen molar-refractivity contribution in [1.29, 1.82) is 0 Å². The van der Waals surface area contributed by atoms with Crippen LogP contribution in [0, 0.1) is 0 Å². The molecule has 1 nitrogen and oxygen atoms in total. The standard InChI is InChI=1S/C8H7ClO/c9-8(5-6-10)7-3-1-2-4-7/h1-6,10H/b6-5-. The van der Waals surface area contributed by atoms with E-state index in [1.54, 1.807) is 0 Å². The van der Waals surface area contributed by atoms with Crippen LogP contribution >= 0.6 is 11.6 Å². The predicted octanol–water partition coefficient (Wildman–Crippen LogP) is 2.68. The largest absolute Gasteiger partial charge is 0.516 e. The van der Waals surface area contributed by atoms with Crippen LogP contribution in [0.1, 0.15) is 0 Å². The van der Waals surface area contributed by atoms with Crippen LogP contribution in [0.2, 0.25) is 0 Å². The van der Waals surface area contributed by atoms with Crippen LogP contribution in [-0.4, -0.2) is 5.11 Å². The van der Waals surface area contributed by atoms with Gasteiger partial charge in [-0.15, -0.1) is 0 Å². The number of aliphatic hydroxyl groups is 1. The molecule has 0 fully saturated rings. The topological polar surface area (TPSA) is 20.2 Å². The molecular weight excluding hydrogens is 148 g/mol. The van der Waals surface area contributed by atoms with Crippen LogP contribution in [0.5, 0.6) is 0 Å². The number of rotatable bonds is 1. The Hall–Kier alpha value is -0.950. The molecule has 1 N–H and O–H groups in total. The van der Waals surface area contributed by atoms with Crippen molar-refractivity contribution in [1.82, 2.24) is 0 Å². The van der Waals surface area contributed by atoms with Gasteiger partial charge in [0.2, 0.25) is 0 Å². The van der Waals surface area contributed by atoms with Crippen LogP contribution in [-0.2, 0) is 0 Å². The zero-order valence-electron chi connectivity index (χ0n) is 5.29. The van der Waals surface area contributed by atoms with E-state index in [-0.39, 0.29) is 0 Å². The molecular formula is C8H7ClO. The fourth-order valence-corrected chi connectivity index (χ4v) is 0.877. The van der Waals surface area contributed by atoms with Gasteiger partial charge in [0, 0.05) is 0 Å². The van der Waals surface area contributed by atoms with Gasteiger partial charge < -0.3 is 5.11 Å². The molecule has 0 heterocycles. The summed E-state index contributed by atoms with van der Waals surface area (Å²) in [5, 5.41) is 8.90. The first-order valence-electron chi connectivity index (χ1n) is 2.90. The zero-order valence-corrected chi connectivity index (χ0v) is 6.05. The van der Waals surface area contributed by atoms with Gasteiger partial charge >= 0.3 is 0 Å². The predicted molar refractivity (Wildman–Crippen MR) is 42.9 cm³/mol. The summed E-state index contributed by atoms with van der Waals surface area (Å²) in [4.78, 5) is 0. The van der Waals surface area contributed by atoms with Crippen LogP contribution < -0.4 is 0 Å². The van der Waals surface area contributed by atoms with Crippen molar-refractivity contribution >= 4 is 11.6 Å². The van der Waals surface area contributed by atoms with Crippen molar-refractivity contribution in [2.75, 3.05) is 0 Å². The van der Waals surface area contributed by atoms with Gasteiger partial charge in [0.05, 0.1) is 11.3 Å². The van der Waals surface area contributed by atoms with E-state index in [0.717, 1.165) is 11.8 Å². The van der Waals surface area contributed by atoms with Crippen LogP contribution in [0.15, 0.2) is 47.2 Å². The molecule has 0 radical (unpaired) electrons. The molecule has 1 aliphatic carbocycles. The molecule has 1 aliphatic rings. The number of hydrogen-bond acceptors (Lipinski definition) is 1. The second-order valence-electron chi connectivity index (χ2n) is 1.84. The monoisotopic (exact) mass is 154 g/mol. The molecule has 2 heteroatoms. The summed E-state index contributed by atoms with van der Waals surface area (Å²) in [6.07, 6.45) is 9.91. The Morgan fingerprint density at radius 3 is 2.50 bits per heavy atom. The maximum Gasteiger partial charge on any atom is 0.0806 e.